The van der Waals surface area contributed by atoms with Crippen LogP contribution in [0, 0.1) is 0 Å². The molecule has 1 aliphatic carbocycles. The lowest BCUT2D eigenvalue weighted by atomic mass is 9.97. The van der Waals surface area contributed by atoms with Crippen LogP contribution in [-0.4, -0.2) is 19.2 Å². The standard InChI is InChI=1S/C23H17Cl2N5OS/c24-13-5-9-15(10-6-13)26-22-28-30-21(31)19-17-3-1-2-4-18(17)32-20(19)27-23(30)29(22)16-11-7-14(25)8-12-16/h5-12H,1-4H2,(H,26,28). The zero-order valence-corrected chi connectivity index (χ0v) is 19.1. The second-order valence-corrected chi connectivity index (χ2v) is 9.74. The Morgan fingerprint density at radius 1 is 0.938 bits per heavy atom. The second-order valence-electron chi connectivity index (χ2n) is 7.79. The summed E-state index contributed by atoms with van der Waals surface area (Å²) < 4.78 is 3.24. The summed E-state index contributed by atoms with van der Waals surface area (Å²) >= 11 is 13.8. The van der Waals surface area contributed by atoms with Crippen LogP contribution in [0.5, 0.6) is 0 Å². The molecule has 6 nitrogen and oxygen atoms in total. The van der Waals surface area contributed by atoms with E-state index in [9.17, 15) is 4.79 Å². The van der Waals surface area contributed by atoms with E-state index in [1.807, 2.05) is 28.8 Å². The van der Waals surface area contributed by atoms with Gasteiger partial charge in [-0.05, 0) is 79.8 Å². The van der Waals surface area contributed by atoms with Crippen molar-refractivity contribution < 1.29 is 0 Å². The predicted octanol–water partition coefficient (Wildman–Crippen LogP) is 6.02. The number of rotatable bonds is 3. The zero-order chi connectivity index (χ0) is 21.8. The summed E-state index contributed by atoms with van der Waals surface area (Å²) in [6.45, 7) is 0. The van der Waals surface area contributed by atoms with E-state index in [0.717, 1.165) is 47.5 Å². The summed E-state index contributed by atoms with van der Waals surface area (Å²) in [5.74, 6) is 0.936. The first-order valence-electron chi connectivity index (χ1n) is 10.3. The summed E-state index contributed by atoms with van der Waals surface area (Å²) in [5.41, 5.74) is 2.62. The molecule has 6 rings (SSSR count). The number of hydrogen-bond acceptors (Lipinski definition) is 5. The van der Waals surface area contributed by atoms with Crippen LogP contribution in [0.1, 0.15) is 23.3 Å². The maximum Gasteiger partial charge on any atom is 0.284 e. The van der Waals surface area contributed by atoms with Gasteiger partial charge in [-0.15, -0.1) is 16.4 Å². The van der Waals surface area contributed by atoms with Crippen LogP contribution in [0.4, 0.5) is 11.6 Å². The van der Waals surface area contributed by atoms with Gasteiger partial charge in [-0.1, -0.05) is 23.2 Å². The SMILES string of the molecule is O=c1c2c3c(sc2nc2n(-c4ccc(Cl)cc4)c(Nc4ccc(Cl)cc4)nn12)CCCC3. The van der Waals surface area contributed by atoms with Gasteiger partial charge in [0.25, 0.3) is 5.56 Å². The van der Waals surface area contributed by atoms with Crippen LogP contribution in [0.25, 0.3) is 21.7 Å². The van der Waals surface area contributed by atoms with Gasteiger partial charge in [0.2, 0.25) is 11.7 Å². The van der Waals surface area contributed by atoms with Gasteiger partial charge in [0.15, 0.2) is 0 Å². The third-order valence-electron chi connectivity index (χ3n) is 5.74. The molecule has 9 heteroatoms. The lowest BCUT2D eigenvalue weighted by Gasteiger charge is -2.10. The van der Waals surface area contributed by atoms with Crippen LogP contribution in [0.2, 0.25) is 10.0 Å². The van der Waals surface area contributed by atoms with Gasteiger partial charge in [-0.3, -0.25) is 4.79 Å². The van der Waals surface area contributed by atoms with Crippen molar-refractivity contribution >= 4 is 62.2 Å². The van der Waals surface area contributed by atoms with Gasteiger partial charge in [0.1, 0.15) is 4.83 Å². The first kappa shape index (κ1) is 19.8. The Balaban J connectivity index is 1.62. The third-order valence-corrected chi connectivity index (χ3v) is 7.43. The highest BCUT2D eigenvalue weighted by atomic mass is 35.5. The molecular weight excluding hydrogens is 465 g/mol. The van der Waals surface area contributed by atoms with E-state index in [2.05, 4.69) is 10.4 Å². The number of halogens is 2. The molecule has 32 heavy (non-hydrogen) atoms. The molecule has 0 aliphatic heterocycles. The van der Waals surface area contributed by atoms with Crippen LogP contribution < -0.4 is 10.9 Å². The van der Waals surface area contributed by atoms with Crippen molar-refractivity contribution in [1.82, 2.24) is 19.2 Å². The molecule has 0 saturated carbocycles. The Labute approximate surface area is 197 Å². The van der Waals surface area contributed by atoms with Gasteiger partial charge in [-0.25, -0.2) is 9.55 Å². The van der Waals surface area contributed by atoms with Crippen molar-refractivity contribution in [2.75, 3.05) is 5.32 Å². The molecule has 160 valence electrons. The van der Waals surface area contributed by atoms with Crippen molar-refractivity contribution in [2.45, 2.75) is 25.7 Å². The molecule has 3 heterocycles. The Morgan fingerprint density at radius 2 is 1.62 bits per heavy atom. The van der Waals surface area contributed by atoms with Gasteiger partial charge < -0.3 is 5.32 Å². The number of hydrogen-bond donors (Lipinski definition) is 1. The Morgan fingerprint density at radius 3 is 2.38 bits per heavy atom. The minimum atomic E-state index is -0.128. The normalized spacial score (nSPS) is 13.6. The maximum atomic E-state index is 13.6. The number of aryl methyl sites for hydroxylation is 2. The number of fused-ring (bicyclic) bond motifs is 4. The van der Waals surface area contributed by atoms with Crippen molar-refractivity contribution in [1.29, 1.82) is 0 Å². The van der Waals surface area contributed by atoms with Gasteiger partial charge in [0.05, 0.1) is 11.1 Å². The van der Waals surface area contributed by atoms with Crippen LogP contribution in [-0.2, 0) is 12.8 Å². The molecule has 5 aromatic rings. The van der Waals surface area contributed by atoms with E-state index in [4.69, 9.17) is 28.2 Å². The van der Waals surface area contributed by atoms with E-state index in [-0.39, 0.29) is 5.56 Å². The zero-order valence-electron chi connectivity index (χ0n) is 16.8. The van der Waals surface area contributed by atoms with Crippen LogP contribution in [0.3, 0.4) is 0 Å². The summed E-state index contributed by atoms with van der Waals surface area (Å²) in [5, 5.41) is 9.92. The minimum Gasteiger partial charge on any atom is -0.324 e. The average molecular weight is 482 g/mol. The molecule has 0 spiro atoms. The maximum absolute atomic E-state index is 13.6. The fourth-order valence-electron chi connectivity index (χ4n) is 4.23. The summed E-state index contributed by atoms with van der Waals surface area (Å²) in [4.78, 5) is 20.5. The first-order chi connectivity index (χ1) is 15.6. The average Bonchev–Trinajstić information content (AvgIpc) is 3.34. The Hall–Kier alpha value is -2.87. The molecule has 0 unspecified atom stereocenters. The van der Waals surface area contributed by atoms with Crippen LogP contribution >= 0.6 is 34.5 Å². The molecule has 0 fully saturated rings. The van der Waals surface area contributed by atoms with Crippen molar-refractivity contribution in [3.8, 4) is 5.69 Å². The largest absolute Gasteiger partial charge is 0.324 e. The number of anilines is 2. The number of nitrogens with zero attached hydrogens (tertiary/aromatic N) is 4. The predicted molar refractivity (Wildman–Crippen MR) is 130 cm³/mol. The molecule has 0 amide bonds. The number of nitrogens with one attached hydrogen (secondary N) is 1. The lowest BCUT2D eigenvalue weighted by molar-refractivity contribution is 0.699. The highest BCUT2D eigenvalue weighted by Gasteiger charge is 2.24. The van der Waals surface area contributed by atoms with Crippen LogP contribution in [0.15, 0.2) is 53.3 Å². The van der Waals surface area contributed by atoms with Gasteiger partial charge in [0, 0.05) is 20.6 Å². The molecule has 1 aliphatic rings. The summed E-state index contributed by atoms with van der Waals surface area (Å²) in [6, 6.07) is 14.7. The van der Waals surface area contributed by atoms with E-state index >= 15 is 0 Å². The van der Waals surface area contributed by atoms with E-state index in [1.165, 1.54) is 9.39 Å². The summed E-state index contributed by atoms with van der Waals surface area (Å²) in [6.07, 6.45) is 4.19. The third kappa shape index (κ3) is 3.20. The quantitative estimate of drug-likeness (QED) is 0.341. The minimum absolute atomic E-state index is 0.128. The molecule has 0 radical (unpaired) electrons. The Bertz CT molecular complexity index is 1530. The first-order valence-corrected chi connectivity index (χ1v) is 11.9. The van der Waals surface area contributed by atoms with Gasteiger partial charge in [-0.2, -0.15) is 4.52 Å². The summed E-state index contributed by atoms with van der Waals surface area (Å²) in [7, 11) is 0. The molecule has 3 aromatic heterocycles. The second kappa shape index (κ2) is 7.62. The van der Waals surface area contributed by atoms with Crippen molar-refractivity contribution in [2.24, 2.45) is 0 Å². The van der Waals surface area contributed by atoms with Crippen molar-refractivity contribution in [3.63, 3.8) is 0 Å². The molecule has 1 N–H and O–H groups in total. The molecule has 0 bridgehead atoms. The number of thiophene rings is 1. The lowest BCUT2D eigenvalue weighted by Crippen LogP contribution is -2.17. The van der Waals surface area contributed by atoms with E-state index in [1.54, 1.807) is 35.6 Å². The fourth-order valence-corrected chi connectivity index (χ4v) is 5.72. The monoisotopic (exact) mass is 481 g/mol. The molecular formula is C23H17Cl2N5OS. The molecule has 2 aromatic carbocycles. The number of aromatic nitrogens is 4. The Kier molecular flexibility index (Phi) is 4.71. The smallest absolute Gasteiger partial charge is 0.284 e. The molecule has 0 saturated heterocycles. The number of benzene rings is 2. The highest BCUT2D eigenvalue weighted by Crippen LogP contribution is 2.34. The van der Waals surface area contributed by atoms with E-state index in [0.29, 0.717) is 27.2 Å². The van der Waals surface area contributed by atoms with Crippen molar-refractivity contribution in [3.05, 3.63) is 79.4 Å². The topological polar surface area (TPSA) is 64.2 Å². The molecule has 0 atom stereocenters. The highest BCUT2D eigenvalue weighted by molar-refractivity contribution is 7.18. The fraction of sp³-hybridized carbons (Fsp3) is 0.174. The van der Waals surface area contributed by atoms with E-state index < -0.39 is 0 Å². The van der Waals surface area contributed by atoms with Gasteiger partial charge >= 0.3 is 0 Å².